The van der Waals surface area contributed by atoms with Gasteiger partial charge < -0.3 is 33.5 Å². The molecule has 0 bridgehead atoms. The molecule has 0 aliphatic rings. The second-order valence-electron chi connectivity index (χ2n) is 9.48. The number of carbonyl (C=O) groups is 4. The van der Waals surface area contributed by atoms with E-state index in [1.807, 2.05) is 6.92 Å². The number of hydrogen-bond donors (Lipinski definition) is 1. The Morgan fingerprint density at radius 3 is 2.00 bits per heavy atom. The molecule has 0 aliphatic carbocycles. The van der Waals surface area contributed by atoms with Crippen LogP contribution in [0.15, 0.2) is 67.3 Å². The summed E-state index contributed by atoms with van der Waals surface area (Å²) in [6.45, 7) is 9.38. The zero-order valence-corrected chi connectivity index (χ0v) is 25.0. The Hall–Kier alpha value is -4.64. The topological polar surface area (TPSA) is 144 Å². The maximum atomic E-state index is 12.7. The number of aliphatic hydroxyl groups excluding tert-OH is 1. The first kappa shape index (κ1) is 35.6. The fourth-order valence-corrected chi connectivity index (χ4v) is 3.65. The standard InChI is InChI=1S/C33H40O11/c1-4-25-22-26(12-17-29(25)39-18-8-6-7-9-20-41-31(36)24(3)23-34)32(37)43-27-13-15-28(16-14-27)44-33(38)42-21-11-10-19-40-30(35)5-2/h5,12-17,22,34H,2-4,6-11,18-21,23H2,1H3. The van der Waals surface area contributed by atoms with Gasteiger partial charge in [-0.1, -0.05) is 20.1 Å². The van der Waals surface area contributed by atoms with E-state index in [0.717, 1.165) is 30.9 Å². The summed E-state index contributed by atoms with van der Waals surface area (Å²) in [5.74, 6) is -0.426. The fourth-order valence-electron chi connectivity index (χ4n) is 3.65. The van der Waals surface area contributed by atoms with E-state index in [9.17, 15) is 19.2 Å². The molecule has 0 atom stereocenters. The molecule has 2 rings (SSSR count). The lowest BCUT2D eigenvalue weighted by Crippen LogP contribution is -2.12. The van der Waals surface area contributed by atoms with Crippen molar-refractivity contribution in [1.29, 1.82) is 0 Å². The van der Waals surface area contributed by atoms with Gasteiger partial charge in [-0.2, -0.15) is 0 Å². The number of carbonyl (C=O) groups excluding carboxylic acids is 4. The molecule has 0 spiro atoms. The van der Waals surface area contributed by atoms with Gasteiger partial charge in [0.15, 0.2) is 0 Å². The van der Waals surface area contributed by atoms with Crippen molar-refractivity contribution in [3.63, 3.8) is 0 Å². The SMILES string of the molecule is C=CC(=O)OCCCCOC(=O)Oc1ccc(OC(=O)c2ccc(OCCCCCCOC(=O)C(=C)CO)c(CC)c2)cc1. The zero-order chi connectivity index (χ0) is 32.2. The number of aryl methyl sites for hydroxylation is 1. The predicted octanol–water partition coefficient (Wildman–Crippen LogP) is 5.52. The van der Waals surface area contributed by atoms with E-state index in [-0.39, 0.29) is 36.9 Å². The van der Waals surface area contributed by atoms with Gasteiger partial charge in [-0.15, -0.1) is 0 Å². The smallest absolute Gasteiger partial charge is 0.493 e. The highest BCUT2D eigenvalue weighted by atomic mass is 16.7. The van der Waals surface area contributed by atoms with Crippen LogP contribution in [0.3, 0.4) is 0 Å². The zero-order valence-electron chi connectivity index (χ0n) is 25.0. The van der Waals surface area contributed by atoms with Gasteiger partial charge in [0.2, 0.25) is 0 Å². The molecule has 1 N–H and O–H groups in total. The lowest BCUT2D eigenvalue weighted by molar-refractivity contribution is -0.140. The molecule has 2 aromatic rings. The van der Waals surface area contributed by atoms with Crippen molar-refractivity contribution in [1.82, 2.24) is 0 Å². The summed E-state index contributed by atoms with van der Waals surface area (Å²) in [7, 11) is 0. The average Bonchev–Trinajstić information content (AvgIpc) is 3.03. The molecular formula is C33H40O11. The molecule has 0 radical (unpaired) electrons. The molecule has 238 valence electrons. The number of ether oxygens (including phenoxy) is 6. The van der Waals surface area contributed by atoms with Crippen LogP contribution in [0.5, 0.6) is 17.2 Å². The molecular weight excluding hydrogens is 572 g/mol. The maximum Gasteiger partial charge on any atom is 0.513 e. The lowest BCUT2D eigenvalue weighted by atomic mass is 10.1. The largest absolute Gasteiger partial charge is 0.513 e. The number of hydrogen-bond acceptors (Lipinski definition) is 11. The Balaban J connectivity index is 1.71. The summed E-state index contributed by atoms with van der Waals surface area (Å²) in [5.41, 5.74) is 1.29. The first-order chi connectivity index (χ1) is 21.3. The molecule has 44 heavy (non-hydrogen) atoms. The number of esters is 3. The van der Waals surface area contributed by atoms with Crippen LogP contribution >= 0.6 is 0 Å². The van der Waals surface area contributed by atoms with Gasteiger partial charge in [-0.25, -0.2) is 19.2 Å². The number of benzene rings is 2. The molecule has 0 aliphatic heterocycles. The van der Waals surface area contributed by atoms with E-state index in [4.69, 9.17) is 33.5 Å². The Labute approximate surface area is 257 Å². The highest BCUT2D eigenvalue weighted by molar-refractivity contribution is 5.91. The second-order valence-corrected chi connectivity index (χ2v) is 9.48. The summed E-state index contributed by atoms with van der Waals surface area (Å²) in [6, 6.07) is 11.1. The van der Waals surface area contributed by atoms with Crippen molar-refractivity contribution in [2.75, 3.05) is 33.0 Å². The van der Waals surface area contributed by atoms with Crippen LogP contribution in [0.1, 0.15) is 61.4 Å². The first-order valence-electron chi connectivity index (χ1n) is 14.4. The van der Waals surface area contributed by atoms with Gasteiger partial charge in [0, 0.05) is 6.08 Å². The Bertz CT molecular complexity index is 1250. The van der Waals surface area contributed by atoms with Crippen LogP contribution in [0.2, 0.25) is 0 Å². The summed E-state index contributed by atoms with van der Waals surface area (Å²) in [5, 5.41) is 8.85. The van der Waals surface area contributed by atoms with Crippen molar-refractivity contribution in [2.45, 2.75) is 51.9 Å². The first-order valence-corrected chi connectivity index (χ1v) is 14.4. The molecule has 0 aromatic heterocycles. The quantitative estimate of drug-likeness (QED) is 0.0504. The molecule has 11 nitrogen and oxygen atoms in total. The van der Waals surface area contributed by atoms with E-state index >= 15 is 0 Å². The molecule has 0 heterocycles. The van der Waals surface area contributed by atoms with E-state index in [0.29, 0.717) is 43.6 Å². The molecule has 0 saturated carbocycles. The number of aliphatic hydroxyl groups is 1. The summed E-state index contributed by atoms with van der Waals surface area (Å²) in [4.78, 5) is 47.0. The predicted molar refractivity (Wildman–Crippen MR) is 161 cm³/mol. The van der Waals surface area contributed by atoms with E-state index in [1.54, 1.807) is 18.2 Å². The second kappa shape index (κ2) is 20.3. The van der Waals surface area contributed by atoms with Gasteiger partial charge in [0.1, 0.15) is 17.2 Å². The van der Waals surface area contributed by atoms with Crippen LogP contribution < -0.4 is 14.2 Å². The third-order valence-electron chi connectivity index (χ3n) is 6.09. The van der Waals surface area contributed by atoms with E-state index in [2.05, 4.69) is 13.2 Å². The molecule has 0 fully saturated rings. The monoisotopic (exact) mass is 612 g/mol. The van der Waals surface area contributed by atoms with E-state index < -0.39 is 30.7 Å². The minimum absolute atomic E-state index is 0.0431. The van der Waals surface area contributed by atoms with Crippen LogP contribution in [0, 0.1) is 0 Å². The Kier molecular flexibility index (Phi) is 16.4. The lowest BCUT2D eigenvalue weighted by Gasteiger charge is -2.12. The minimum Gasteiger partial charge on any atom is -0.493 e. The van der Waals surface area contributed by atoms with Gasteiger partial charge >= 0.3 is 24.1 Å². The van der Waals surface area contributed by atoms with Crippen molar-refractivity contribution in [3.8, 4) is 17.2 Å². The van der Waals surface area contributed by atoms with Crippen LogP contribution in [0.4, 0.5) is 4.79 Å². The van der Waals surface area contributed by atoms with Crippen LogP contribution in [0.25, 0.3) is 0 Å². The highest BCUT2D eigenvalue weighted by Gasteiger charge is 2.13. The summed E-state index contributed by atoms with van der Waals surface area (Å²) < 4.78 is 31.3. The van der Waals surface area contributed by atoms with Crippen molar-refractivity contribution < 1.29 is 52.7 Å². The highest BCUT2D eigenvalue weighted by Crippen LogP contribution is 2.24. The molecule has 0 saturated heterocycles. The number of unbranched alkanes of at least 4 members (excludes halogenated alkanes) is 4. The third kappa shape index (κ3) is 13.6. The van der Waals surface area contributed by atoms with Crippen molar-refractivity contribution in [3.05, 3.63) is 78.4 Å². The Morgan fingerprint density at radius 2 is 1.36 bits per heavy atom. The molecule has 0 unspecified atom stereocenters. The normalized spacial score (nSPS) is 10.3. The van der Waals surface area contributed by atoms with Gasteiger partial charge in [0.25, 0.3) is 0 Å². The van der Waals surface area contributed by atoms with Crippen molar-refractivity contribution in [2.24, 2.45) is 0 Å². The Morgan fingerprint density at radius 1 is 0.773 bits per heavy atom. The molecule has 0 amide bonds. The van der Waals surface area contributed by atoms with Gasteiger partial charge in [-0.3, -0.25) is 0 Å². The van der Waals surface area contributed by atoms with E-state index in [1.165, 1.54) is 24.3 Å². The summed E-state index contributed by atoms with van der Waals surface area (Å²) >= 11 is 0. The van der Waals surface area contributed by atoms with Gasteiger partial charge in [-0.05, 0) is 93.0 Å². The maximum absolute atomic E-state index is 12.7. The van der Waals surface area contributed by atoms with Crippen molar-refractivity contribution >= 4 is 24.1 Å². The third-order valence-corrected chi connectivity index (χ3v) is 6.09. The fraction of sp³-hybridized carbons (Fsp3) is 0.394. The van der Waals surface area contributed by atoms with Gasteiger partial charge in [0.05, 0.1) is 44.2 Å². The van der Waals surface area contributed by atoms with Crippen LogP contribution in [-0.4, -0.2) is 62.2 Å². The number of rotatable bonds is 20. The minimum atomic E-state index is -0.878. The van der Waals surface area contributed by atoms with Crippen LogP contribution in [-0.2, 0) is 30.2 Å². The average molecular weight is 613 g/mol. The molecule has 2 aromatic carbocycles. The molecule has 11 heteroatoms. The summed E-state index contributed by atoms with van der Waals surface area (Å²) in [6.07, 6.45) is 5.16.